The van der Waals surface area contributed by atoms with Crippen LogP contribution in [0.2, 0.25) is 0 Å². The van der Waals surface area contributed by atoms with Crippen molar-refractivity contribution in [3.05, 3.63) is 0 Å². The zero-order chi connectivity index (χ0) is 19.0. The zero-order valence-corrected chi connectivity index (χ0v) is 12.4. The molecule has 12 nitrogen and oxygen atoms in total. The van der Waals surface area contributed by atoms with Gasteiger partial charge in [-0.1, -0.05) is 0 Å². The van der Waals surface area contributed by atoms with Gasteiger partial charge in [-0.15, -0.1) is 0 Å². The largest absolute Gasteiger partial charge is 0.480 e. The summed E-state index contributed by atoms with van der Waals surface area (Å²) in [6.07, 6.45) is 0.241. The number of hydrogen-bond donors (Lipinski definition) is 9. The molecule has 0 radical (unpaired) electrons. The van der Waals surface area contributed by atoms with E-state index in [-0.39, 0.29) is 26.1 Å². The third kappa shape index (κ3) is 20.2. The summed E-state index contributed by atoms with van der Waals surface area (Å²) in [5.41, 5.74) is 14.7. The molecule has 0 saturated heterocycles. The van der Waals surface area contributed by atoms with Crippen molar-refractivity contribution < 1.29 is 45.0 Å². The van der Waals surface area contributed by atoms with Crippen molar-refractivity contribution in [1.29, 1.82) is 0 Å². The van der Waals surface area contributed by atoms with E-state index in [9.17, 15) is 14.4 Å². The highest BCUT2D eigenvalue weighted by molar-refractivity contribution is 5.73. The summed E-state index contributed by atoms with van der Waals surface area (Å²) >= 11 is 0. The smallest absolute Gasteiger partial charge is 0.322 e. The Morgan fingerprint density at radius 2 is 0.913 bits per heavy atom. The molecule has 0 saturated carbocycles. The Bertz CT molecular complexity index is 319. The van der Waals surface area contributed by atoms with Gasteiger partial charge in [-0.05, 0) is 12.8 Å². The van der Waals surface area contributed by atoms with E-state index < -0.39 is 42.6 Å². The number of carbonyl (C=O) groups is 3. The number of aliphatic hydroxyl groups is 3. The van der Waals surface area contributed by atoms with Crippen molar-refractivity contribution in [2.45, 2.75) is 31.0 Å². The van der Waals surface area contributed by atoms with Gasteiger partial charge in [-0.25, -0.2) is 0 Å². The van der Waals surface area contributed by atoms with E-state index >= 15 is 0 Å². The molecule has 0 fully saturated rings. The summed E-state index contributed by atoms with van der Waals surface area (Å²) in [6, 6.07) is -2.96. The topological polar surface area (TPSA) is 251 Å². The maximum Gasteiger partial charge on any atom is 0.322 e. The van der Waals surface area contributed by atoms with Crippen LogP contribution in [0.4, 0.5) is 0 Å². The maximum absolute atomic E-state index is 9.85. The van der Waals surface area contributed by atoms with Gasteiger partial charge in [0.2, 0.25) is 0 Å². The molecule has 0 spiro atoms. The predicted octanol–water partition coefficient (Wildman–Crippen LogP) is -4.05. The van der Waals surface area contributed by atoms with Crippen LogP contribution >= 0.6 is 0 Å². The normalized spacial score (nSPS) is 13.3. The molecule has 0 aliphatic rings. The third-order valence-electron chi connectivity index (χ3n) is 2.03. The standard InChI is InChI=1S/2C4H9NO3.C3H7NO3/c2*5-3(1-2-6)4(7)8;4-2(1-5)3(6)7/h2*3,6H,1-2,5H2,(H,7,8);2,5H,1,4H2,(H,6,7). The number of carboxylic acid groups (broad SMARTS) is 3. The van der Waals surface area contributed by atoms with E-state index in [0.717, 1.165) is 0 Å². The van der Waals surface area contributed by atoms with Crippen molar-refractivity contribution in [3.63, 3.8) is 0 Å². The number of hydrogen-bond acceptors (Lipinski definition) is 9. The summed E-state index contributed by atoms with van der Waals surface area (Å²) < 4.78 is 0. The lowest BCUT2D eigenvalue weighted by atomic mass is 10.2. The van der Waals surface area contributed by atoms with Gasteiger partial charge in [0.05, 0.1) is 6.61 Å². The highest BCUT2D eigenvalue weighted by atomic mass is 16.4. The quantitative estimate of drug-likeness (QED) is 0.204. The molecule has 0 aliphatic heterocycles. The number of carboxylic acids is 3. The Hall–Kier alpha value is -1.83. The van der Waals surface area contributed by atoms with E-state index in [1.54, 1.807) is 0 Å². The lowest BCUT2D eigenvalue weighted by Crippen LogP contribution is -2.33. The van der Waals surface area contributed by atoms with Crippen molar-refractivity contribution >= 4 is 17.9 Å². The molecule has 0 bridgehead atoms. The second-order valence-corrected chi connectivity index (χ2v) is 4.04. The first-order valence-corrected chi connectivity index (χ1v) is 6.32. The summed E-state index contributed by atoms with van der Waals surface area (Å²) in [5, 5.41) is 48.3. The van der Waals surface area contributed by atoms with E-state index in [0.29, 0.717) is 0 Å². The van der Waals surface area contributed by atoms with Crippen LogP contribution in [-0.2, 0) is 14.4 Å². The minimum atomic E-state index is -1.18. The van der Waals surface area contributed by atoms with Gasteiger partial charge in [-0.2, -0.15) is 0 Å². The van der Waals surface area contributed by atoms with Crippen molar-refractivity contribution in [2.75, 3.05) is 19.8 Å². The SMILES string of the molecule is NC(CCO)C(=O)O.NC(CCO)C(=O)O.NC(CO)C(=O)O. The number of aliphatic hydroxyl groups excluding tert-OH is 3. The number of aliphatic carboxylic acids is 3. The fourth-order valence-corrected chi connectivity index (χ4v) is 0.603. The van der Waals surface area contributed by atoms with Gasteiger partial charge in [-0.3, -0.25) is 14.4 Å². The molecule has 23 heavy (non-hydrogen) atoms. The molecule has 0 aromatic rings. The van der Waals surface area contributed by atoms with Crippen molar-refractivity contribution in [3.8, 4) is 0 Å². The maximum atomic E-state index is 9.85. The summed E-state index contributed by atoms with van der Waals surface area (Å²) in [5.74, 6) is -3.32. The summed E-state index contributed by atoms with van der Waals surface area (Å²) in [6.45, 7) is -0.851. The lowest BCUT2D eigenvalue weighted by Gasteiger charge is -2.00. The average Bonchev–Trinajstić information content (AvgIpc) is 2.47. The molecule has 0 aromatic heterocycles. The second-order valence-electron chi connectivity index (χ2n) is 4.04. The first-order valence-electron chi connectivity index (χ1n) is 6.32. The highest BCUT2D eigenvalue weighted by Gasteiger charge is 2.09. The summed E-state index contributed by atoms with van der Waals surface area (Å²) in [4.78, 5) is 29.4. The average molecular weight is 343 g/mol. The molecule has 0 aliphatic carbocycles. The zero-order valence-electron chi connectivity index (χ0n) is 12.4. The van der Waals surface area contributed by atoms with Crippen LogP contribution in [0.15, 0.2) is 0 Å². The minimum Gasteiger partial charge on any atom is -0.480 e. The van der Waals surface area contributed by atoms with Gasteiger partial charge in [0.1, 0.15) is 18.1 Å². The Labute approximate surface area is 132 Å². The van der Waals surface area contributed by atoms with E-state index in [2.05, 4.69) is 0 Å². The Kier molecular flexibility index (Phi) is 18.8. The van der Waals surface area contributed by atoms with Gasteiger partial charge >= 0.3 is 17.9 Å². The minimum absolute atomic E-state index is 0.120. The Balaban J connectivity index is -0.000000262. The van der Waals surface area contributed by atoms with Crippen LogP contribution in [-0.4, -0.2) is 86.5 Å². The fourth-order valence-electron chi connectivity index (χ4n) is 0.603. The molecule has 138 valence electrons. The van der Waals surface area contributed by atoms with E-state index in [4.69, 9.17) is 47.8 Å². The van der Waals surface area contributed by atoms with E-state index in [1.165, 1.54) is 0 Å². The molecule has 0 heterocycles. The first-order chi connectivity index (χ1) is 10.5. The summed E-state index contributed by atoms with van der Waals surface area (Å²) in [7, 11) is 0. The second kappa shape index (κ2) is 16.5. The molecular weight excluding hydrogens is 318 g/mol. The van der Waals surface area contributed by atoms with Gasteiger partial charge in [0.25, 0.3) is 0 Å². The first kappa shape index (κ1) is 26.1. The molecule has 12 heteroatoms. The lowest BCUT2D eigenvalue weighted by molar-refractivity contribution is -0.140. The molecule has 0 rings (SSSR count). The predicted molar refractivity (Wildman–Crippen MR) is 77.3 cm³/mol. The van der Waals surface area contributed by atoms with Gasteiger partial charge in [0.15, 0.2) is 0 Å². The molecule has 3 atom stereocenters. The monoisotopic (exact) mass is 343 g/mol. The van der Waals surface area contributed by atoms with Crippen LogP contribution in [0.1, 0.15) is 12.8 Å². The van der Waals surface area contributed by atoms with Crippen LogP contribution in [0.25, 0.3) is 0 Å². The van der Waals surface area contributed by atoms with Crippen molar-refractivity contribution in [2.24, 2.45) is 17.2 Å². The Morgan fingerprint density at radius 3 is 0.957 bits per heavy atom. The van der Waals surface area contributed by atoms with Gasteiger partial charge in [0, 0.05) is 13.2 Å². The molecule has 12 N–H and O–H groups in total. The Morgan fingerprint density at radius 1 is 0.652 bits per heavy atom. The third-order valence-corrected chi connectivity index (χ3v) is 2.03. The van der Waals surface area contributed by atoms with Gasteiger partial charge < -0.3 is 47.8 Å². The fraction of sp³-hybridized carbons (Fsp3) is 0.727. The van der Waals surface area contributed by atoms with Crippen LogP contribution in [0.5, 0.6) is 0 Å². The van der Waals surface area contributed by atoms with Crippen molar-refractivity contribution in [1.82, 2.24) is 0 Å². The number of rotatable bonds is 8. The molecule has 0 aromatic carbocycles. The highest BCUT2D eigenvalue weighted by Crippen LogP contribution is 1.84. The molecule has 3 unspecified atom stereocenters. The molecular formula is C11H25N3O9. The van der Waals surface area contributed by atoms with Crippen LogP contribution in [0, 0.1) is 0 Å². The number of nitrogens with two attached hydrogens (primary N) is 3. The van der Waals surface area contributed by atoms with Crippen LogP contribution in [0.3, 0.4) is 0 Å². The molecule has 0 amide bonds. The van der Waals surface area contributed by atoms with E-state index in [1.807, 2.05) is 0 Å². The van der Waals surface area contributed by atoms with Crippen LogP contribution < -0.4 is 17.2 Å².